The molecule has 1 saturated carbocycles. The van der Waals surface area contributed by atoms with Crippen LogP contribution in [0, 0.1) is 5.41 Å². The normalized spacial score (nSPS) is 27.3. The molecule has 1 atom stereocenters. The second-order valence-electron chi connectivity index (χ2n) is 4.78. The number of hydrogen-bond donors (Lipinski definition) is 1. The zero-order chi connectivity index (χ0) is 14.7. The van der Waals surface area contributed by atoms with Gasteiger partial charge in [0.15, 0.2) is 5.41 Å². The first-order chi connectivity index (χ1) is 8.84. The fraction of sp³-hybridized carbons (Fsp3) is 0.692. The Morgan fingerprint density at radius 1 is 1.32 bits per heavy atom. The van der Waals surface area contributed by atoms with E-state index in [-0.39, 0.29) is 26.1 Å². The highest BCUT2D eigenvalue weighted by Gasteiger charge is 2.59. The van der Waals surface area contributed by atoms with Crippen molar-refractivity contribution in [1.82, 2.24) is 0 Å². The standard InChI is InChI=1S/C13H19ClO5/c1-4-18-10(15)13(11(16)19-5-2)6-9(7-14)12(3,17)8-13/h7,17H,4-6,8H2,1-3H3/b9-7-/t12-/m0/s1. The molecule has 108 valence electrons. The smallest absolute Gasteiger partial charge is 0.323 e. The first-order valence-electron chi connectivity index (χ1n) is 6.20. The van der Waals surface area contributed by atoms with E-state index < -0.39 is 23.0 Å². The van der Waals surface area contributed by atoms with Crippen LogP contribution in [-0.2, 0) is 19.1 Å². The molecule has 6 heteroatoms. The van der Waals surface area contributed by atoms with E-state index in [9.17, 15) is 14.7 Å². The molecule has 0 aromatic heterocycles. The molecule has 0 aromatic carbocycles. The number of hydrogen-bond acceptors (Lipinski definition) is 5. The minimum Gasteiger partial charge on any atom is -0.465 e. The minimum absolute atomic E-state index is 0.0150. The van der Waals surface area contributed by atoms with Gasteiger partial charge in [-0.05, 0) is 32.8 Å². The van der Waals surface area contributed by atoms with Crippen molar-refractivity contribution in [2.75, 3.05) is 13.2 Å². The largest absolute Gasteiger partial charge is 0.465 e. The molecule has 0 amide bonds. The van der Waals surface area contributed by atoms with Gasteiger partial charge in [0.2, 0.25) is 0 Å². The van der Waals surface area contributed by atoms with Crippen molar-refractivity contribution >= 4 is 23.5 Å². The Bertz CT molecular complexity index is 382. The number of rotatable bonds is 4. The zero-order valence-electron chi connectivity index (χ0n) is 11.4. The SMILES string of the molecule is CCOC(=O)C1(C(=O)OCC)C/C(=C/Cl)[C@@](C)(O)C1. The first-order valence-corrected chi connectivity index (χ1v) is 6.64. The molecule has 1 aliphatic rings. The van der Waals surface area contributed by atoms with E-state index >= 15 is 0 Å². The van der Waals surface area contributed by atoms with Gasteiger partial charge in [-0.2, -0.15) is 0 Å². The van der Waals surface area contributed by atoms with Crippen LogP contribution in [0.15, 0.2) is 11.1 Å². The molecule has 19 heavy (non-hydrogen) atoms. The molecule has 0 spiro atoms. The third-order valence-corrected chi connectivity index (χ3v) is 3.56. The van der Waals surface area contributed by atoms with Crippen LogP contribution in [-0.4, -0.2) is 35.9 Å². The molecular weight excluding hydrogens is 272 g/mol. The quantitative estimate of drug-likeness (QED) is 0.631. The lowest BCUT2D eigenvalue weighted by Gasteiger charge is -2.25. The van der Waals surface area contributed by atoms with Crippen molar-refractivity contribution in [2.45, 2.75) is 39.2 Å². The Kier molecular flexibility index (Phi) is 4.98. The Labute approximate surface area is 117 Å². The van der Waals surface area contributed by atoms with Crippen LogP contribution in [0.1, 0.15) is 33.6 Å². The van der Waals surface area contributed by atoms with Gasteiger partial charge in [-0.15, -0.1) is 0 Å². The number of carbonyl (C=O) groups excluding carboxylic acids is 2. The highest BCUT2D eigenvalue weighted by Crippen LogP contribution is 2.49. The Balaban J connectivity index is 3.16. The predicted molar refractivity (Wildman–Crippen MR) is 69.5 cm³/mol. The van der Waals surface area contributed by atoms with E-state index in [0.29, 0.717) is 5.57 Å². The van der Waals surface area contributed by atoms with Crippen LogP contribution in [0.2, 0.25) is 0 Å². The van der Waals surface area contributed by atoms with Crippen molar-refractivity contribution in [3.8, 4) is 0 Å². The van der Waals surface area contributed by atoms with Gasteiger partial charge in [0.05, 0.1) is 18.8 Å². The Hall–Kier alpha value is -1.07. The van der Waals surface area contributed by atoms with E-state index in [4.69, 9.17) is 21.1 Å². The van der Waals surface area contributed by atoms with Crippen LogP contribution in [0.4, 0.5) is 0 Å². The lowest BCUT2D eigenvalue weighted by atomic mass is 9.84. The molecule has 0 aliphatic heterocycles. The molecule has 0 heterocycles. The van der Waals surface area contributed by atoms with Crippen molar-refractivity contribution in [3.05, 3.63) is 11.1 Å². The molecular formula is C13H19ClO5. The minimum atomic E-state index is -1.50. The molecule has 1 N–H and O–H groups in total. The number of carbonyl (C=O) groups is 2. The number of esters is 2. The Morgan fingerprint density at radius 2 is 1.79 bits per heavy atom. The summed E-state index contributed by atoms with van der Waals surface area (Å²) in [7, 11) is 0. The highest BCUT2D eigenvalue weighted by molar-refractivity contribution is 6.26. The maximum Gasteiger partial charge on any atom is 0.323 e. The predicted octanol–water partition coefficient (Wildman–Crippen LogP) is 1.77. The topological polar surface area (TPSA) is 72.8 Å². The molecule has 0 aromatic rings. The van der Waals surface area contributed by atoms with Gasteiger partial charge in [0.1, 0.15) is 0 Å². The summed E-state index contributed by atoms with van der Waals surface area (Å²) in [5, 5.41) is 10.3. The summed E-state index contributed by atoms with van der Waals surface area (Å²) in [6.07, 6.45) is -0.0720. The van der Waals surface area contributed by atoms with E-state index in [0.717, 1.165) is 0 Å². The van der Waals surface area contributed by atoms with Gasteiger partial charge in [-0.25, -0.2) is 0 Å². The van der Waals surface area contributed by atoms with E-state index in [1.54, 1.807) is 13.8 Å². The maximum atomic E-state index is 12.1. The van der Waals surface area contributed by atoms with Crippen molar-refractivity contribution < 1.29 is 24.2 Å². The van der Waals surface area contributed by atoms with Gasteiger partial charge < -0.3 is 14.6 Å². The fourth-order valence-electron chi connectivity index (χ4n) is 2.35. The van der Waals surface area contributed by atoms with E-state index in [1.165, 1.54) is 12.5 Å². The summed E-state index contributed by atoms with van der Waals surface area (Å²) in [6.45, 7) is 5.13. The summed E-state index contributed by atoms with van der Waals surface area (Å²) < 4.78 is 9.92. The molecule has 1 rings (SSSR count). The lowest BCUT2D eigenvalue weighted by Crippen LogP contribution is -2.41. The third-order valence-electron chi connectivity index (χ3n) is 3.29. The maximum absolute atomic E-state index is 12.1. The molecule has 1 fully saturated rings. The van der Waals surface area contributed by atoms with Gasteiger partial charge in [0.25, 0.3) is 0 Å². The second kappa shape index (κ2) is 5.92. The van der Waals surface area contributed by atoms with Gasteiger partial charge >= 0.3 is 11.9 Å². The molecule has 0 bridgehead atoms. The summed E-state index contributed by atoms with van der Waals surface area (Å²) >= 11 is 5.66. The summed E-state index contributed by atoms with van der Waals surface area (Å²) in [5.41, 5.74) is -1.19. The number of ether oxygens (including phenoxy) is 2. The van der Waals surface area contributed by atoms with E-state index in [2.05, 4.69) is 0 Å². The summed E-state index contributed by atoms with van der Waals surface area (Å²) in [4.78, 5) is 24.3. The number of halogens is 1. The van der Waals surface area contributed by atoms with Crippen LogP contribution in [0.5, 0.6) is 0 Å². The van der Waals surface area contributed by atoms with Crippen molar-refractivity contribution in [2.24, 2.45) is 5.41 Å². The second-order valence-corrected chi connectivity index (χ2v) is 5.00. The van der Waals surface area contributed by atoms with Gasteiger partial charge in [-0.3, -0.25) is 9.59 Å². The lowest BCUT2D eigenvalue weighted by molar-refractivity contribution is -0.172. The van der Waals surface area contributed by atoms with Crippen LogP contribution >= 0.6 is 11.6 Å². The third kappa shape index (κ3) is 2.92. The monoisotopic (exact) mass is 290 g/mol. The van der Waals surface area contributed by atoms with Gasteiger partial charge in [-0.1, -0.05) is 11.6 Å². The average Bonchev–Trinajstić information content (AvgIpc) is 2.62. The van der Waals surface area contributed by atoms with Crippen LogP contribution < -0.4 is 0 Å². The van der Waals surface area contributed by atoms with Crippen molar-refractivity contribution in [1.29, 1.82) is 0 Å². The molecule has 5 nitrogen and oxygen atoms in total. The van der Waals surface area contributed by atoms with E-state index in [1.807, 2.05) is 0 Å². The summed E-state index contributed by atoms with van der Waals surface area (Å²) in [6, 6.07) is 0. The van der Waals surface area contributed by atoms with Crippen LogP contribution in [0.3, 0.4) is 0 Å². The zero-order valence-corrected chi connectivity index (χ0v) is 12.1. The first kappa shape index (κ1) is 16.0. The Morgan fingerprint density at radius 3 is 2.11 bits per heavy atom. The molecule has 0 radical (unpaired) electrons. The highest BCUT2D eigenvalue weighted by atomic mass is 35.5. The molecule has 0 saturated heterocycles. The molecule has 1 aliphatic carbocycles. The average molecular weight is 291 g/mol. The number of aliphatic hydroxyl groups is 1. The molecule has 0 unspecified atom stereocenters. The fourth-order valence-corrected chi connectivity index (χ4v) is 2.66. The van der Waals surface area contributed by atoms with Crippen molar-refractivity contribution in [3.63, 3.8) is 0 Å². The van der Waals surface area contributed by atoms with Gasteiger partial charge in [0, 0.05) is 12.0 Å². The summed E-state index contributed by atoms with van der Waals surface area (Å²) in [5.74, 6) is -1.36. The van der Waals surface area contributed by atoms with Crippen LogP contribution in [0.25, 0.3) is 0 Å².